The van der Waals surface area contributed by atoms with E-state index in [1.165, 1.54) is 38.2 Å². The van der Waals surface area contributed by atoms with Crippen molar-refractivity contribution in [2.45, 2.75) is 44.9 Å². The maximum atomic E-state index is 14.5. The predicted octanol–water partition coefficient (Wildman–Crippen LogP) is 4.69. The summed E-state index contributed by atoms with van der Waals surface area (Å²) in [6.45, 7) is 1.61. The second-order valence-corrected chi connectivity index (χ2v) is 6.74. The number of anilines is 1. The predicted molar refractivity (Wildman–Crippen MR) is 90.6 cm³/mol. The van der Waals surface area contributed by atoms with Gasteiger partial charge in [0.05, 0.1) is 23.2 Å². The van der Waals surface area contributed by atoms with Gasteiger partial charge in [-0.1, -0.05) is 25.3 Å². The van der Waals surface area contributed by atoms with E-state index in [0.29, 0.717) is 29.3 Å². The molecule has 1 aliphatic heterocycles. The standard InChI is InChI=1S/C19H23FN2O/c20-15-9-4-10-16-17(15)18(14-8-5-11-23-19(14)22-16)21-12-13-6-2-1-3-7-13/h4,9-10,13H,1-3,5-8,11-12H2,(H,21,22). The highest BCUT2D eigenvalue weighted by Crippen LogP contribution is 2.37. The molecule has 0 radical (unpaired) electrons. The molecule has 1 aromatic carbocycles. The molecule has 0 amide bonds. The monoisotopic (exact) mass is 314 g/mol. The Labute approximate surface area is 136 Å². The normalized spacial score (nSPS) is 18.5. The van der Waals surface area contributed by atoms with Crippen molar-refractivity contribution >= 4 is 16.6 Å². The molecular weight excluding hydrogens is 291 g/mol. The summed E-state index contributed by atoms with van der Waals surface area (Å²) in [6.07, 6.45) is 8.41. The average molecular weight is 314 g/mol. The molecule has 4 rings (SSSR count). The van der Waals surface area contributed by atoms with E-state index in [1.54, 1.807) is 6.07 Å². The lowest BCUT2D eigenvalue weighted by Crippen LogP contribution is -2.20. The summed E-state index contributed by atoms with van der Waals surface area (Å²) in [6, 6.07) is 5.10. The average Bonchev–Trinajstić information content (AvgIpc) is 2.60. The Morgan fingerprint density at radius 3 is 2.91 bits per heavy atom. The molecule has 3 nitrogen and oxygen atoms in total. The van der Waals surface area contributed by atoms with Crippen LogP contribution in [0.4, 0.5) is 10.1 Å². The minimum Gasteiger partial charge on any atom is -0.477 e. The zero-order chi connectivity index (χ0) is 15.6. The second kappa shape index (κ2) is 6.34. The van der Waals surface area contributed by atoms with Crippen LogP contribution in [0, 0.1) is 11.7 Å². The van der Waals surface area contributed by atoms with Gasteiger partial charge >= 0.3 is 0 Å². The lowest BCUT2D eigenvalue weighted by Gasteiger charge is -2.26. The quantitative estimate of drug-likeness (QED) is 0.892. The molecule has 1 N–H and O–H groups in total. The lowest BCUT2D eigenvalue weighted by atomic mass is 9.89. The number of nitrogens with zero attached hydrogens (tertiary/aromatic N) is 1. The molecule has 1 aromatic heterocycles. The number of pyridine rings is 1. The molecule has 1 aliphatic carbocycles. The fraction of sp³-hybridized carbons (Fsp3) is 0.526. The third-order valence-corrected chi connectivity index (χ3v) is 5.13. The first-order chi connectivity index (χ1) is 11.3. The largest absolute Gasteiger partial charge is 0.477 e. The van der Waals surface area contributed by atoms with E-state index in [0.717, 1.165) is 30.6 Å². The van der Waals surface area contributed by atoms with Gasteiger partial charge < -0.3 is 10.1 Å². The Kier molecular flexibility index (Phi) is 4.06. The third-order valence-electron chi connectivity index (χ3n) is 5.13. The van der Waals surface area contributed by atoms with Crippen LogP contribution in [0.3, 0.4) is 0 Å². The van der Waals surface area contributed by atoms with Gasteiger partial charge in [-0.25, -0.2) is 9.37 Å². The number of rotatable bonds is 3. The Bertz CT molecular complexity index is 710. The van der Waals surface area contributed by atoms with Crippen LogP contribution in [0.15, 0.2) is 18.2 Å². The maximum Gasteiger partial charge on any atom is 0.219 e. The van der Waals surface area contributed by atoms with Gasteiger partial charge in [-0.05, 0) is 43.7 Å². The molecular formula is C19H23FN2O. The molecule has 0 atom stereocenters. The van der Waals surface area contributed by atoms with Crippen molar-refractivity contribution < 1.29 is 9.13 Å². The zero-order valence-electron chi connectivity index (χ0n) is 13.4. The minimum atomic E-state index is -0.200. The lowest BCUT2D eigenvalue weighted by molar-refractivity contribution is 0.278. The minimum absolute atomic E-state index is 0.200. The van der Waals surface area contributed by atoms with Crippen LogP contribution >= 0.6 is 0 Å². The first-order valence-electron chi connectivity index (χ1n) is 8.80. The first kappa shape index (κ1) is 14.7. The summed E-state index contributed by atoms with van der Waals surface area (Å²) in [4.78, 5) is 4.53. The molecule has 122 valence electrons. The fourth-order valence-corrected chi connectivity index (χ4v) is 3.89. The molecule has 0 unspecified atom stereocenters. The number of ether oxygens (including phenoxy) is 1. The van der Waals surface area contributed by atoms with Crippen molar-refractivity contribution in [3.63, 3.8) is 0 Å². The van der Waals surface area contributed by atoms with E-state index in [1.807, 2.05) is 6.07 Å². The van der Waals surface area contributed by atoms with Gasteiger partial charge in [-0.15, -0.1) is 0 Å². The first-order valence-corrected chi connectivity index (χ1v) is 8.80. The van der Waals surface area contributed by atoms with E-state index in [2.05, 4.69) is 10.3 Å². The molecule has 1 fully saturated rings. The highest BCUT2D eigenvalue weighted by molar-refractivity contribution is 5.94. The number of halogens is 1. The van der Waals surface area contributed by atoms with Gasteiger partial charge in [0.25, 0.3) is 0 Å². The highest BCUT2D eigenvalue weighted by atomic mass is 19.1. The van der Waals surface area contributed by atoms with Gasteiger partial charge in [0.15, 0.2) is 0 Å². The number of benzene rings is 1. The summed E-state index contributed by atoms with van der Waals surface area (Å²) in [5.41, 5.74) is 2.63. The van der Waals surface area contributed by atoms with E-state index in [9.17, 15) is 4.39 Å². The number of fused-ring (bicyclic) bond motifs is 2. The SMILES string of the molecule is Fc1cccc2nc3c(c(NCC4CCCCC4)c12)CCCO3. The number of hydrogen-bond acceptors (Lipinski definition) is 3. The van der Waals surface area contributed by atoms with Gasteiger partial charge in [-0.3, -0.25) is 0 Å². The molecule has 23 heavy (non-hydrogen) atoms. The van der Waals surface area contributed by atoms with Crippen LogP contribution < -0.4 is 10.1 Å². The van der Waals surface area contributed by atoms with Gasteiger partial charge in [0.2, 0.25) is 5.88 Å². The van der Waals surface area contributed by atoms with Crippen LogP contribution in [0.2, 0.25) is 0 Å². The molecule has 0 bridgehead atoms. The molecule has 1 saturated carbocycles. The molecule has 2 aliphatic rings. The smallest absolute Gasteiger partial charge is 0.219 e. The maximum absolute atomic E-state index is 14.5. The Morgan fingerprint density at radius 1 is 1.17 bits per heavy atom. The van der Waals surface area contributed by atoms with Gasteiger partial charge in [0.1, 0.15) is 5.82 Å². The molecule has 0 saturated heterocycles. The van der Waals surface area contributed by atoms with Crippen molar-refractivity contribution in [1.82, 2.24) is 4.98 Å². The van der Waals surface area contributed by atoms with Crippen LogP contribution in [0.5, 0.6) is 5.88 Å². The number of aromatic nitrogens is 1. The van der Waals surface area contributed by atoms with E-state index in [-0.39, 0.29) is 5.82 Å². The molecule has 4 heteroatoms. The van der Waals surface area contributed by atoms with E-state index in [4.69, 9.17) is 4.74 Å². The summed E-state index contributed by atoms with van der Waals surface area (Å²) >= 11 is 0. The van der Waals surface area contributed by atoms with Crippen LogP contribution in [-0.2, 0) is 6.42 Å². The van der Waals surface area contributed by atoms with Gasteiger partial charge in [-0.2, -0.15) is 0 Å². The number of hydrogen-bond donors (Lipinski definition) is 1. The topological polar surface area (TPSA) is 34.2 Å². The zero-order valence-corrected chi connectivity index (χ0v) is 13.4. The van der Waals surface area contributed by atoms with E-state index >= 15 is 0 Å². The summed E-state index contributed by atoms with van der Waals surface area (Å²) < 4.78 is 20.2. The third kappa shape index (κ3) is 2.87. The Morgan fingerprint density at radius 2 is 2.04 bits per heavy atom. The van der Waals surface area contributed by atoms with Crippen LogP contribution in [-0.4, -0.2) is 18.1 Å². The van der Waals surface area contributed by atoms with Crippen molar-refractivity contribution in [3.8, 4) is 5.88 Å². The fourth-order valence-electron chi connectivity index (χ4n) is 3.89. The van der Waals surface area contributed by atoms with Crippen molar-refractivity contribution in [1.29, 1.82) is 0 Å². The molecule has 0 spiro atoms. The Hall–Kier alpha value is -1.84. The van der Waals surface area contributed by atoms with Gasteiger partial charge in [0, 0.05) is 12.1 Å². The van der Waals surface area contributed by atoms with Crippen molar-refractivity contribution in [3.05, 3.63) is 29.6 Å². The van der Waals surface area contributed by atoms with E-state index < -0.39 is 0 Å². The summed E-state index contributed by atoms with van der Waals surface area (Å²) in [7, 11) is 0. The van der Waals surface area contributed by atoms with Crippen molar-refractivity contribution in [2.24, 2.45) is 5.92 Å². The summed E-state index contributed by atoms with van der Waals surface area (Å²) in [5, 5.41) is 4.18. The number of nitrogens with one attached hydrogen (secondary N) is 1. The van der Waals surface area contributed by atoms with Crippen molar-refractivity contribution in [2.75, 3.05) is 18.5 Å². The second-order valence-electron chi connectivity index (χ2n) is 6.74. The molecule has 2 heterocycles. The Balaban J connectivity index is 1.72. The van der Waals surface area contributed by atoms with Crippen LogP contribution in [0.25, 0.3) is 10.9 Å². The summed E-state index contributed by atoms with van der Waals surface area (Å²) in [5.74, 6) is 1.17. The highest BCUT2D eigenvalue weighted by Gasteiger charge is 2.22. The molecule has 2 aromatic rings. The van der Waals surface area contributed by atoms with Crippen LogP contribution in [0.1, 0.15) is 44.1 Å².